The molecule has 0 heterocycles. The normalized spacial score (nSPS) is 34.1. The maximum Gasteiger partial charge on any atom is 0.136 e. The van der Waals surface area contributed by atoms with E-state index in [1.807, 2.05) is 0 Å². The lowest BCUT2D eigenvalue weighted by Gasteiger charge is -2.20. The van der Waals surface area contributed by atoms with E-state index >= 15 is 0 Å². The number of rotatable bonds is 4. The largest absolute Gasteiger partial charge is 0.299 e. The van der Waals surface area contributed by atoms with Crippen LogP contribution in [0.2, 0.25) is 0 Å². The Morgan fingerprint density at radius 3 is 2.38 bits per heavy atom. The average Bonchev–Trinajstić information content (AvgIpc) is 2.33. The van der Waals surface area contributed by atoms with Gasteiger partial charge in [0.25, 0.3) is 0 Å². The maximum atomic E-state index is 11.7. The first-order chi connectivity index (χ1) is 6.20. The standard InChI is InChI=1S/C12H22O/c1-4-6-10-9(3)8-12(13)11(10)7-5-2/h9-11H,4-8H2,1-3H3/t9-,10?,11?/m1/s1. The van der Waals surface area contributed by atoms with Gasteiger partial charge in [-0.3, -0.25) is 4.79 Å². The van der Waals surface area contributed by atoms with Crippen molar-refractivity contribution in [1.82, 2.24) is 0 Å². The summed E-state index contributed by atoms with van der Waals surface area (Å²) >= 11 is 0. The molecule has 1 saturated carbocycles. The summed E-state index contributed by atoms with van der Waals surface area (Å²) in [6.45, 7) is 6.64. The minimum absolute atomic E-state index is 0.403. The Hall–Kier alpha value is -0.330. The van der Waals surface area contributed by atoms with Gasteiger partial charge in [-0.2, -0.15) is 0 Å². The minimum Gasteiger partial charge on any atom is -0.299 e. The quantitative estimate of drug-likeness (QED) is 0.651. The molecule has 3 atom stereocenters. The third-order valence-corrected chi connectivity index (χ3v) is 3.41. The Balaban J connectivity index is 2.59. The lowest BCUT2D eigenvalue weighted by atomic mass is 9.84. The van der Waals surface area contributed by atoms with E-state index in [1.54, 1.807) is 0 Å². The lowest BCUT2D eigenvalue weighted by Crippen LogP contribution is -2.16. The van der Waals surface area contributed by atoms with Crippen LogP contribution in [-0.2, 0) is 4.79 Å². The van der Waals surface area contributed by atoms with Gasteiger partial charge >= 0.3 is 0 Å². The molecule has 0 saturated heterocycles. The molecule has 0 aromatic carbocycles. The first-order valence-electron chi connectivity index (χ1n) is 5.73. The van der Waals surface area contributed by atoms with Crippen LogP contribution in [0.15, 0.2) is 0 Å². The van der Waals surface area contributed by atoms with Crippen LogP contribution in [0.3, 0.4) is 0 Å². The van der Waals surface area contributed by atoms with Crippen LogP contribution in [0.1, 0.15) is 52.9 Å². The molecule has 1 heteroatoms. The fraction of sp³-hybridized carbons (Fsp3) is 0.917. The van der Waals surface area contributed by atoms with Crippen LogP contribution in [0, 0.1) is 17.8 Å². The van der Waals surface area contributed by atoms with E-state index in [0.29, 0.717) is 23.5 Å². The molecule has 1 aliphatic rings. The molecule has 1 rings (SSSR count). The molecule has 2 unspecified atom stereocenters. The summed E-state index contributed by atoms with van der Waals surface area (Å²) in [5.41, 5.74) is 0. The van der Waals surface area contributed by atoms with Gasteiger partial charge in [-0.05, 0) is 24.7 Å². The highest BCUT2D eigenvalue weighted by Crippen LogP contribution is 2.39. The molecule has 0 aromatic heterocycles. The summed E-state index contributed by atoms with van der Waals surface area (Å²) in [6, 6.07) is 0. The van der Waals surface area contributed by atoms with Gasteiger partial charge in [-0.1, -0.05) is 33.6 Å². The highest BCUT2D eigenvalue weighted by molar-refractivity contribution is 5.83. The molecule has 1 nitrogen and oxygen atoms in total. The van der Waals surface area contributed by atoms with Crippen molar-refractivity contribution in [2.45, 2.75) is 52.9 Å². The van der Waals surface area contributed by atoms with Gasteiger partial charge < -0.3 is 0 Å². The van der Waals surface area contributed by atoms with Gasteiger partial charge in [0.2, 0.25) is 0 Å². The smallest absolute Gasteiger partial charge is 0.136 e. The van der Waals surface area contributed by atoms with E-state index < -0.39 is 0 Å². The number of carbonyl (C=O) groups excluding carboxylic acids is 1. The topological polar surface area (TPSA) is 17.1 Å². The van der Waals surface area contributed by atoms with E-state index in [2.05, 4.69) is 20.8 Å². The third kappa shape index (κ3) is 2.32. The van der Waals surface area contributed by atoms with Crippen LogP contribution >= 0.6 is 0 Å². The Morgan fingerprint density at radius 2 is 1.85 bits per heavy atom. The first kappa shape index (κ1) is 10.7. The Kier molecular flexibility index (Phi) is 3.95. The van der Waals surface area contributed by atoms with E-state index in [0.717, 1.165) is 19.3 Å². The van der Waals surface area contributed by atoms with Crippen molar-refractivity contribution in [3.8, 4) is 0 Å². The SMILES string of the molecule is CCCC1C(=O)C[C@@H](C)C1CCC. The van der Waals surface area contributed by atoms with E-state index in [-0.39, 0.29) is 0 Å². The van der Waals surface area contributed by atoms with Gasteiger partial charge in [0.15, 0.2) is 0 Å². The zero-order valence-electron chi connectivity index (χ0n) is 9.18. The molecule has 13 heavy (non-hydrogen) atoms. The maximum absolute atomic E-state index is 11.7. The minimum atomic E-state index is 0.403. The molecule has 0 amide bonds. The van der Waals surface area contributed by atoms with Gasteiger partial charge in [0, 0.05) is 12.3 Å². The van der Waals surface area contributed by atoms with Crippen molar-refractivity contribution in [2.75, 3.05) is 0 Å². The number of hydrogen-bond donors (Lipinski definition) is 0. The third-order valence-electron chi connectivity index (χ3n) is 3.41. The number of ketones is 1. The highest BCUT2D eigenvalue weighted by Gasteiger charge is 2.38. The predicted octanol–water partition coefficient (Wildman–Crippen LogP) is 3.43. The summed E-state index contributed by atoms with van der Waals surface area (Å²) in [7, 11) is 0. The van der Waals surface area contributed by atoms with Gasteiger partial charge in [-0.15, -0.1) is 0 Å². The van der Waals surface area contributed by atoms with Crippen molar-refractivity contribution in [3.05, 3.63) is 0 Å². The molecule has 0 radical (unpaired) electrons. The number of carbonyl (C=O) groups is 1. The Bertz CT molecular complexity index is 174. The van der Waals surface area contributed by atoms with Crippen molar-refractivity contribution >= 4 is 5.78 Å². The zero-order valence-corrected chi connectivity index (χ0v) is 9.18. The van der Waals surface area contributed by atoms with E-state index in [1.165, 1.54) is 12.8 Å². The number of Topliss-reactive ketones (excluding diaryl/α,β-unsaturated/α-hetero) is 1. The second kappa shape index (κ2) is 4.78. The van der Waals surface area contributed by atoms with Gasteiger partial charge in [-0.25, -0.2) is 0 Å². The summed E-state index contributed by atoms with van der Waals surface area (Å²) in [5, 5.41) is 0. The second-order valence-corrected chi connectivity index (χ2v) is 4.50. The summed E-state index contributed by atoms with van der Waals surface area (Å²) < 4.78 is 0. The van der Waals surface area contributed by atoms with Crippen LogP contribution in [-0.4, -0.2) is 5.78 Å². The van der Waals surface area contributed by atoms with E-state index in [9.17, 15) is 4.79 Å². The highest BCUT2D eigenvalue weighted by atomic mass is 16.1. The monoisotopic (exact) mass is 182 g/mol. The fourth-order valence-electron chi connectivity index (χ4n) is 2.76. The van der Waals surface area contributed by atoms with Crippen molar-refractivity contribution in [1.29, 1.82) is 0 Å². The van der Waals surface area contributed by atoms with Crippen LogP contribution in [0.5, 0.6) is 0 Å². The molecule has 76 valence electrons. The Labute approximate surface area is 81.9 Å². The summed E-state index contributed by atoms with van der Waals surface area (Å²) in [6.07, 6.45) is 5.59. The molecule has 0 bridgehead atoms. The van der Waals surface area contributed by atoms with Gasteiger partial charge in [0.1, 0.15) is 5.78 Å². The lowest BCUT2D eigenvalue weighted by molar-refractivity contribution is -0.121. The van der Waals surface area contributed by atoms with Crippen LogP contribution in [0.4, 0.5) is 0 Å². The molecule has 0 N–H and O–H groups in total. The van der Waals surface area contributed by atoms with Crippen molar-refractivity contribution < 1.29 is 4.79 Å². The molecular weight excluding hydrogens is 160 g/mol. The molecule has 0 aliphatic heterocycles. The molecular formula is C12H22O. The van der Waals surface area contributed by atoms with E-state index in [4.69, 9.17) is 0 Å². The van der Waals surface area contributed by atoms with Crippen LogP contribution < -0.4 is 0 Å². The molecule has 1 aliphatic carbocycles. The first-order valence-corrected chi connectivity index (χ1v) is 5.73. The molecule has 1 fully saturated rings. The summed E-state index contributed by atoms with van der Waals surface area (Å²) in [5.74, 6) is 2.27. The van der Waals surface area contributed by atoms with Crippen molar-refractivity contribution in [3.63, 3.8) is 0 Å². The zero-order chi connectivity index (χ0) is 9.84. The summed E-state index contributed by atoms with van der Waals surface area (Å²) in [4.78, 5) is 11.7. The Morgan fingerprint density at radius 1 is 1.23 bits per heavy atom. The van der Waals surface area contributed by atoms with Crippen molar-refractivity contribution in [2.24, 2.45) is 17.8 Å². The average molecular weight is 182 g/mol. The van der Waals surface area contributed by atoms with Crippen LogP contribution in [0.25, 0.3) is 0 Å². The predicted molar refractivity (Wildman–Crippen MR) is 55.6 cm³/mol. The fourth-order valence-corrected chi connectivity index (χ4v) is 2.76. The molecule has 0 aromatic rings. The number of hydrogen-bond acceptors (Lipinski definition) is 1. The second-order valence-electron chi connectivity index (χ2n) is 4.50. The molecule has 0 spiro atoms. The van der Waals surface area contributed by atoms with Gasteiger partial charge in [0.05, 0.1) is 0 Å².